The van der Waals surface area contributed by atoms with E-state index in [4.69, 9.17) is 21.4 Å². The summed E-state index contributed by atoms with van der Waals surface area (Å²) in [4.78, 5) is 23.6. The standard InChI is InChI=1S/C12H25N5O.C2HF3O2/c13-11(17-9-10-5-6-10)15-7-3-1-2-4-8-16-12(14)18;3-2(4,5)1(6)7/h10H,1-9H2,(H3,13,15,17)(H3,14,16,18);(H,6,7). The number of halogens is 3. The summed E-state index contributed by atoms with van der Waals surface area (Å²) in [6.45, 7) is 2.40. The van der Waals surface area contributed by atoms with Gasteiger partial charge in [0.2, 0.25) is 0 Å². The highest BCUT2D eigenvalue weighted by Gasteiger charge is 2.38. The summed E-state index contributed by atoms with van der Waals surface area (Å²) in [6.07, 6.45) is 1.75. The molecule has 0 aromatic rings. The summed E-state index contributed by atoms with van der Waals surface area (Å²) in [5, 5.41) is 12.8. The second-order valence-corrected chi connectivity index (χ2v) is 5.60. The van der Waals surface area contributed by atoms with E-state index in [1.54, 1.807) is 0 Å². The molecule has 0 heterocycles. The first-order chi connectivity index (χ1) is 11.6. The van der Waals surface area contributed by atoms with E-state index in [0.717, 1.165) is 44.7 Å². The van der Waals surface area contributed by atoms with E-state index in [1.807, 2.05) is 0 Å². The molecule has 0 aromatic heterocycles. The van der Waals surface area contributed by atoms with Gasteiger partial charge in [0, 0.05) is 19.6 Å². The summed E-state index contributed by atoms with van der Waals surface area (Å²) >= 11 is 0. The van der Waals surface area contributed by atoms with E-state index in [-0.39, 0.29) is 0 Å². The van der Waals surface area contributed by atoms with Crippen LogP contribution in [0.3, 0.4) is 0 Å². The average molecular weight is 369 g/mol. The number of urea groups is 1. The van der Waals surface area contributed by atoms with E-state index in [9.17, 15) is 18.0 Å². The number of nitrogens with zero attached hydrogens (tertiary/aromatic N) is 1. The van der Waals surface area contributed by atoms with Gasteiger partial charge in [-0.15, -0.1) is 0 Å². The van der Waals surface area contributed by atoms with Crippen molar-refractivity contribution in [2.24, 2.45) is 22.4 Å². The minimum absolute atomic E-state index is 0.448. The normalized spacial score (nSPS) is 14.3. The predicted octanol–water partition coefficient (Wildman–Crippen LogP) is 1.16. The molecule has 1 saturated carbocycles. The summed E-state index contributed by atoms with van der Waals surface area (Å²) in [7, 11) is 0. The molecule has 11 heteroatoms. The van der Waals surface area contributed by atoms with Crippen LogP contribution in [0, 0.1) is 5.92 Å². The number of carbonyl (C=O) groups excluding carboxylic acids is 1. The maximum atomic E-state index is 10.6. The van der Waals surface area contributed by atoms with Gasteiger partial charge in [-0.05, 0) is 31.6 Å². The Morgan fingerprint density at radius 3 is 1.92 bits per heavy atom. The highest BCUT2D eigenvalue weighted by Crippen LogP contribution is 2.28. The zero-order valence-corrected chi connectivity index (χ0v) is 13.9. The first-order valence-corrected chi connectivity index (χ1v) is 8.00. The molecule has 0 aromatic carbocycles. The summed E-state index contributed by atoms with van der Waals surface area (Å²) in [5.41, 5.74) is 10.7. The summed E-state index contributed by atoms with van der Waals surface area (Å²) in [6, 6.07) is -0.448. The molecule has 1 aliphatic rings. The van der Waals surface area contributed by atoms with Crippen LogP contribution in [0.1, 0.15) is 38.5 Å². The van der Waals surface area contributed by atoms with Crippen molar-refractivity contribution in [3.8, 4) is 0 Å². The Bertz CT molecular complexity index is 440. The zero-order chi connectivity index (χ0) is 19.3. The summed E-state index contributed by atoms with van der Waals surface area (Å²) in [5.74, 6) is -1.41. The molecular formula is C14H26F3N5O3. The van der Waals surface area contributed by atoms with Crippen LogP contribution in [-0.2, 0) is 4.79 Å². The molecule has 146 valence electrons. The number of unbranched alkanes of at least 4 members (excludes halogenated alkanes) is 3. The molecule has 25 heavy (non-hydrogen) atoms. The van der Waals surface area contributed by atoms with Crippen molar-refractivity contribution in [2.45, 2.75) is 44.7 Å². The van der Waals surface area contributed by atoms with Gasteiger partial charge in [-0.25, -0.2) is 9.59 Å². The van der Waals surface area contributed by atoms with Gasteiger partial charge in [-0.1, -0.05) is 12.8 Å². The SMILES string of the molecule is NC(=O)NCCCCCCNC(N)=NCC1CC1.O=C(O)C(F)(F)F. The van der Waals surface area contributed by atoms with E-state index in [0.29, 0.717) is 12.5 Å². The number of hydrogen-bond acceptors (Lipinski definition) is 3. The van der Waals surface area contributed by atoms with Gasteiger partial charge in [0.15, 0.2) is 5.96 Å². The maximum Gasteiger partial charge on any atom is 0.490 e. The minimum Gasteiger partial charge on any atom is -0.475 e. The molecule has 8 nitrogen and oxygen atoms in total. The number of aliphatic imine (C=N–C) groups is 1. The number of rotatable bonds is 9. The third-order valence-electron chi connectivity index (χ3n) is 3.17. The number of amides is 2. The average Bonchev–Trinajstić information content (AvgIpc) is 3.31. The van der Waals surface area contributed by atoms with Crippen LogP contribution >= 0.6 is 0 Å². The van der Waals surface area contributed by atoms with Crippen molar-refractivity contribution in [1.82, 2.24) is 10.6 Å². The molecule has 0 radical (unpaired) electrons. The lowest BCUT2D eigenvalue weighted by Gasteiger charge is -2.05. The fourth-order valence-electron chi connectivity index (χ4n) is 1.62. The number of aliphatic carboxylic acids is 1. The molecule has 0 spiro atoms. The number of nitrogens with one attached hydrogen (secondary N) is 2. The number of hydrogen-bond donors (Lipinski definition) is 5. The zero-order valence-electron chi connectivity index (χ0n) is 13.9. The van der Waals surface area contributed by atoms with E-state index in [2.05, 4.69) is 15.6 Å². The third-order valence-corrected chi connectivity index (χ3v) is 3.17. The van der Waals surface area contributed by atoms with Crippen molar-refractivity contribution < 1.29 is 27.9 Å². The lowest BCUT2D eigenvalue weighted by molar-refractivity contribution is -0.192. The first kappa shape index (κ1) is 22.8. The Hall–Kier alpha value is -2.20. The number of carboxylic acids is 1. The van der Waals surface area contributed by atoms with E-state index >= 15 is 0 Å². The molecule has 7 N–H and O–H groups in total. The number of primary amides is 1. The highest BCUT2D eigenvalue weighted by molar-refractivity contribution is 5.77. The maximum absolute atomic E-state index is 10.6. The molecule has 0 saturated heterocycles. The minimum atomic E-state index is -5.08. The number of carboxylic acid groups (broad SMARTS) is 1. The fourth-order valence-corrected chi connectivity index (χ4v) is 1.62. The predicted molar refractivity (Wildman–Crippen MR) is 87.0 cm³/mol. The van der Waals surface area contributed by atoms with Gasteiger partial charge in [-0.3, -0.25) is 4.99 Å². The Morgan fingerprint density at radius 2 is 1.52 bits per heavy atom. The lowest BCUT2D eigenvalue weighted by Crippen LogP contribution is -2.32. The van der Waals surface area contributed by atoms with Gasteiger partial charge in [-0.2, -0.15) is 13.2 Å². The van der Waals surface area contributed by atoms with Crippen molar-refractivity contribution >= 4 is 18.0 Å². The van der Waals surface area contributed by atoms with Crippen molar-refractivity contribution in [3.05, 3.63) is 0 Å². The first-order valence-electron chi connectivity index (χ1n) is 8.00. The lowest BCUT2D eigenvalue weighted by atomic mass is 10.2. The van der Waals surface area contributed by atoms with Crippen molar-refractivity contribution in [2.75, 3.05) is 19.6 Å². The Labute approximate surface area is 144 Å². The van der Waals surface area contributed by atoms with Crippen LogP contribution in [0.2, 0.25) is 0 Å². The Kier molecular flexibility index (Phi) is 11.1. The van der Waals surface area contributed by atoms with E-state index < -0.39 is 18.2 Å². The molecule has 0 unspecified atom stereocenters. The number of nitrogens with two attached hydrogens (primary N) is 2. The second-order valence-electron chi connectivity index (χ2n) is 5.60. The van der Waals surface area contributed by atoms with Crippen LogP contribution in [0.5, 0.6) is 0 Å². The van der Waals surface area contributed by atoms with Crippen molar-refractivity contribution in [3.63, 3.8) is 0 Å². The molecule has 0 aliphatic heterocycles. The van der Waals surface area contributed by atoms with Gasteiger partial charge in [0.1, 0.15) is 0 Å². The van der Waals surface area contributed by atoms with Crippen LogP contribution in [0.4, 0.5) is 18.0 Å². The highest BCUT2D eigenvalue weighted by atomic mass is 19.4. The topological polar surface area (TPSA) is 143 Å². The molecule has 0 atom stereocenters. The van der Waals surface area contributed by atoms with Gasteiger partial charge >= 0.3 is 18.2 Å². The Balaban J connectivity index is 0.000000697. The van der Waals surface area contributed by atoms with Crippen molar-refractivity contribution in [1.29, 1.82) is 0 Å². The fraction of sp³-hybridized carbons (Fsp3) is 0.786. The molecule has 1 aliphatic carbocycles. The molecule has 1 rings (SSSR count). The van der Waals surface area contributed by atoms with Crippen LogP contribution in [0.25, 0.3) is 0 Å². The molecule has 1 fully saturated rings. The molecular weight excluding hydrogens is 343 g/mol. The number of alkyl halides is 3. The second kappa shape index (κ2) is 12.2. The van der Waals surface area contributed by atoms with Crippen LogP contribution < -0.4 is 22.1 Å². The monoisotopic (exact) mass is 369 g/mol. The van der Waals surface area contributed by atoms with Gasteiger partial charge < -0.3 is 27.2 Å². The largest absolute Gasteiger partial charge is 0.490 e. The van der Waals surface area contributed by atoms with Crippen LogP contribution in [-0.4, -0.2) is 48.9 Å². The summed E-state index contributed by atoms with van der Waals surface area (Å²) < 4.78 is 31.7. The Morgan fingerprint density at radius 1 is 1.04 bits per heavy atom. The third kappa shape index (κ3) is 16.4. The van der Waals surface area contributed by atoms with Gasteiger partial charge in [0.25, 0.3) is 0 Å². The van der Waals surface area contributed by atoms with Gasteiger partial charge in [0.05, 0.1) is 0 Å². The number of carbonyl (C=O) groups is 2. The number of guanidine groups is 1. The van der Waals surface area contributed by atoms with E-state index in [1.165, 1.54) is 12.8 Å². The molecule has 2 amide bonds. The van der Waals surface area contributed by atoms with Crippen LogP contribution in [0.15, 0.2) is 4.99 Å². The smallest absolute Gasteiger partial charge is 0.475 e. The quantitative estimate of drug-likeness (QED) is 0.235. The molecule has 0 bridgehead atoms.